The summed E-state index contributed by atoms with van der Waals surface area (Å²) in [6, 6.07) is 4.08. The summed E-state index contributed by atoms with van der Waals surface area (Å²) >= 11 is 5.69. The number of nitrogens with one attached hydrogen (secondary N) is 2. The third kappa shape index (κ3) is 5.18. The van der Waals surface area contributed by atoms with Crippen LogP contribution in [0.4, 0.5) is 10.1 Å². The second-order valence-corrected chi connectivity index (χ2v) is 6.04. The highest BCUT2D eigenvalue weighted by Gasteiger charge is 2.29. The van der Waals surface area contributed by atoms with E-state index in [1.54, 1.807) is 6.92 Å². The minimum absolute atomic E-state index is 0.0228. The topological polar surface area (TPSA) is 59.8 Å². The van der Waals surface area contributed by atoms with Gasteiger partial charge < -0.3 is 15.0 Å². The highest BCUT2D eigenvalue weighted by atomic mass is 35.5. The number of carbonyl (C=O) groups excluding carboxylic acids is 2. The fraction of sp³-hybridized carbons (Fsp3) is 0.500. The van der Waals surface area contributed by atoms with Crippen molar-refractivity contribution < 1.29 is 23.6 Å². The van der Waals surface area contributed by atoms with Gasteiger partial charge in [0, 0.05) is 18.5 Å². The minimum Gasteiger partial charge on any atom is -0.466 e. The predicted molar refractivity (Wildman–Crippen MR) is 85.0 cm³/mol. The Morgan fingerprint density at radius 1 is 1.39 bits per heavy atom. The van der Waals surface area contributed by atoms with Crippen LogP contribution in [0.3, 0.4) is 0 Å². The summed E-state index contributed by atoms with van der Waals surface area (Å²) in [5.41, 5.74) is 0.474. The van der Waals surface area contributed by atoms with Gasteiger partial charge in [-0.2, -0.15) is 0 Å². The molecule has 0 atom stereocenters. The predicted octanol–water partition coefficient (Wildman–Crippen LogP) is 1.28. The molecule has 0 unspecified atom stereocenters. The lowest BCUT2D eigenvalue weighted by molar-refractivity contribution is -0.897. The molecular formula is C16H21ClFN2O3+. The summed E-state index contributed by atoms with van der Waals surface area (Å²) in [7, 11) is 0. The van der Waals surface area contributed by atoms with E-state index in [1.165, 1.54) is 18.2 Å². The zero-order chi connectivity index (χ0) is 16.8. The molecule has 1 aliphatic heterocycles. The first-order valence-electron chi connectivity index (χ1n) is 7.74. The number of likely N-dealkylation sites (tertiary alicyclic amines) is 1. The molecule has 1 aliphatic rings. The first-order valence-corrected chi connectivity index (χ1v) is 8.12. The molecule has 0 aliphatic carbocycles. The van der Waals surface area contributed by atoms with Gasteiger partial charge in [-0.05, 0) is 25.1 Å². The Bertz CT molecular complexity index is 574. The van der Waals surface area contributed by atoms with Crippen LogP contribution in [-0.2, 0) is 14.3 Å². The van der Waals surface area contributed by atoms with Crippen LogP contribution in [0.5, 0.6) is 0 Å². The lowest BCUT2D eigenvalue weighted by Crippen LogP contribution is -3.14. The zero-order valence-electron chi connectivity index (χ0n) is 13.0. The largest absolute Gasteiger partial charge is 0.466 e. The minimum atomic E-state index is -0.517. The third-order valence-corrected chi connectivity index (χ3v) is 4.22. The molecule has 7 heteroatoms. The second-order valence-electron chi connectivity index (χ2n) is 5.63. The van der Waals surface area contributed by atoms with Crippen LogP contribution in [0.2, 0.25) is 5.02 Å². The molecule has 2 N–H and O–H groups in total. The Labute approximate surface area is 139 Å². The molecule has 5 nitrogen and oxygen atoms in total. The van der Waals surface area contributed by atoms with Crippen molar-refractivity contribution in [2.45, 2.75) is 19.8 Å². The number of esters is 1. The maximum atomic E-state index is 13.1. The zero-order valence-corrected chi connectivity index (χ0v) is 13.8. The molecule has 1 aromatic carbocycles. The van der Waals surface area contributed by atoms with Gasteiger partial charge in [-0.3, -0.25) is 9.59 Å². The van der Waals surface area contributed by atoms with Gasteiger partial charge in [0.25, 0.3) is 5.91 Å². The van der Waals surface area contributed by atoms with E-state index in [4.69, 9.17) is 16.3 Å². The molecule has 1 fully saturated rings. The quantitative estimate of drug-likeness (QED) is 0.792. The molecule has 1 aromatic rings. The molecule has 0 spiro atoms. The number of piperidine rings is 1. The van der Waals surface area contributed by atoms with Crippen LogP contribution in [0.25, 0.3) is 0 Å². The van der Waals surface area contributed by atoms with Gasteiger partial charge in [0.2, 0.25) is 0 Å². The number of hydrogen-bond acceptors (Lipinski definition) is 3. The first kappa shape index (κ1) is 17.7. The highest BCUT2D eigenvalue weighted by molar-refractivity contribution is 6.31. The maximum Gasteiger partial charge on any atom is 0.309 e. The second kappa shape index (κ2) is 8.26. The molecule has 0 radical (unpaired) electrons. The van der Waals surface area contributed by atoms with Crippen molar-refractivity contribution in [3.8, 4) is 0 Å². The fourth-order valence-electron chi connectivity index (χ4n) is 2.70. The molecule has 1 amide bonds. The number of quaternary nitrogens is 1. The van der Waals surface area contributed by atoms with Crippen LogP contribution < -0.4 is 10.2 Å². The molecule has 2 rings (SSSR count). The van der Waals surface area contributed by atoms with E-state index >= 15 is 0 Å². The van der Waals surface area contributed by atoms with Crippen molar-refractivity contribution in [1.29, 1.82) is 0 Å². The molecule has 0 bridgehead atoms. The maximum absolute atomic E-state index is 13.1. The number of amides is 1. The van der Waals surface area contributed by atoms with Crippen LogP contribution in [0, 0.1) is 11.7 Å². The molecule has 1 saturated heterocycles. The molecule has 23 heavy (non-hydrogen) atoms. The standard InChI is InChI=1S/C16H20ClFN2O3/c1-2-23-16(22)11-5-7-20(8-6-11)10-15(21)19-12-3-4-14(18)13(17)9-12/h3-4,9,11H,2,5-8,10H2,1H3,(H,19,21)/p+1. The molecule has 0 saturated carbocycles. The van der Waals surface area contributed by atoms with Crippen LogP contribution in [0.15, 0.2) is 18.2 Å². The van der Waals surface area contributed by atoms with Crippen molar-refractivity contribution in [2.24, 2.45) is 5.92 Å². The van der Waals surface area contributed by atoms with Gasteiger partial charge in [0.05, 0.1) is 30.6 Å². The smallest absolute Gasteiger partial charge is 0.309 e. The average molecular weight is 344 g/mol. The lowest BCUT2D eigenvalue weighted by atomic mass is 9.97. The van der Waals surface area contributed by atoms with Gasteiger partial charge in [-0.1, -0.05) is 11.6 Å². The average Bonchev–Trinajstić information content (AvgIpc) is 2.52. The Morgan fingerprint density at radius 2 is 2.09 bits per heavy atom. The Kier molecular flexibility index (Phi) is 6.36. The van der Waals surface area contributed by atoms with E-state index < -0.39 is 5.82 Å². The first-order chi connectivity index (χ1) is 11.0. The van der Waals surface area contributed by atoms with Crippen molar-refractivity contribution in [2.75, 3.05) is 31.6 Å². The summed E-state index contributed by atoms with van der Waals surface area (Å²) in [5, 5.41) is 2.69. The molecule has 126 valence electrons. The number of anilines is 1. The number of rotatable bonds is 5. The Balaban J connectivity index is 1.78. The van der Waals surface area contributed by atoms with Crippen molar-refractivity contribution in [3.05, 3.63) is 29.0 Å². The number of ether oxygens (including phenoxy) is 1. The van der Waals surface area contributed by atoms with Crippen LogP contribution in [-0.4, -0.2) is 38.1 Å². The van der Waals surface area contributed by atoms with E-state index in [9.17, 15) is 14.0 Å². The number of benzene rings is 1. The number of carbonyl (C=O) groups is 2. The van der Waals surface area contributed by atoms with E-state index in [0.717, 1.165) is 30.8 Å². The van der Waals surface area contributed by atoms with Gasteiger partial charge >= 0.3 is 5.97 Å². The summed E-state index contributed by atoms with van der Waals surface area (Å²) in [6.07, 6.45) is 1.45. The summed E-state index contributed by atoms with van der Waals surface area (Å²) in [4.78, 5) is 24.8. The van der Waals surface area contributed by atoms with E-state index in [1.807, 2.05) is 0 Å². The summed E-state index contributed by atoms with van der Waals surface area (Å²) in [6.45, 7) is 4.01. The highest BCUT2D eigenvalue weighted by Crippen LogP contribution is 2.19. The number of halogens is 2. The van der Waals surface area contributed by atoms with Gasteiger partial charge in [-0.15, -0.1) is 0 Å². The van der Waals surface area contributed by atoms with Crippen molar-refractivity contribution >= 4 is 29.2 Å². The Hall–Kier alpha value is -1.66. The molecule has 0 aromatic heterocycles. The van der Waals surface area contributed by atoms with E-state index in [2.05, 4.69) is 5.32 Å². The van der Waals surface area contributed by atoms with Gasteiger partial charge in [0.1, 0.15) is 5.82 Å². The van der Waals surface area contributed by atoms with Crippen molar-refractivity contribution in [3.63, 3.8) is 0 Å². The fourth-order valence-corrected chi connectivity index (χ4v) is 2.89. The molecule has 1 heterocycles. The van der Waals surface area contributed by atoms with Gasteiger partial charge in [0.15, 0.2) is 6.54 Å². The monoisotopic (exact) mass is 343 g/mol. The molecular weight excluding hydrogens is 323 g/mol. The number of hydrogen-bond donors (Lipinski definition) is 2. The third-order valence-electron chi connectivity index (χ3n) is 3.93. The normalized spacial score (nSPS) is 20.8. The SMILES string of the molecule is CCOC(=O)C1CC[NH+](CC(=O)Nc2ccc(F)c(Cl)c2)CC1. The van der Waals surface area contributed by atoms with Crippen LogP contribution >= 0.6 is 11.6 Å². The lowest BCUT2D eigenvalue weighted by Gasteiger charge is -2.27. The Morgan fingerprint density at radius 3 is 2.70 bits per heavy atom. The van der Waals surface area contributed by atoms with Crippen LogP contribution in [0.1, 0.15) is 19.8 Å². The van der Waals surface area contributed by atoms with E-state index in [-0.39, 0.29) is 22.8 Å². The van der Waals surface area contributed by atoms with Gasteiger partial charge in [-0.25, -0.2) is 4.39 Å². The van der Waals surface area contributed by atoms with E-state index in [0.29, 0.717) is 18.8 Å². The summed E-state index contributed by atoms with van der Waals surface area (Å²) in [5.74, 6) is -0.872. The summed E-state index contributed by atoms with van der Waals surface area (Å²) < 4.78 is 18.1. The van der Waals surface area contributed by atoms with Crippen molar-refractivity contribution in [1.82, 2.24) is 0 Å².